The average Bonchev–Trinajstić information content (AvgIpc) is 2.64. The molecule has 16 heavy (non-hydrogen) atoms. The summed E-state index contributed by atoms with van der Waals surface area (Å²) in [6, 6.07) is 10.8. The standard InChI is InChI=1S/C13H14BrNS/c1-8-5-10(7-11(14)6-8)13-4-3-12(16-13)9(2)15/h3-7,9H,15H2,1-2H3. The van der Waals surface area contributed by atoms with Gasteiger partial charge in [0.05, 0.1) is 0 Å². The van der Waals surface area contributed by atoms with Crippen molar-refractivity contribution in [2.45, 2.75) is 19.9 Å². The van der Waals surface area contributed by atoms with Crippen molar-refractivity contribution in [2.24, 2.45) is 5.73 Å². The van der Waals surface area contributed by atoms with Gasteiger partial charge in [0.1, 0.15) is 0 Å². The molecule has 0 aliphatic rings. The van der Waals surface area contributed by atoms with Gasteiger partial charge in [-0.05, 0) is 49.2 Å². The van der Waals surface area contributed by atoms with Crippen LogP contribution in [-0.4, -0.2) is 0 Å². The second kappa shape index (κ2) is 4.70. The molecule has 0 fully saturated rings. The van der Waals surface area contributed by atoms with E-state index in [0.29, 0.717) is 0 Å². The molecule has 0 radical (unpaired) electrons. The highest BCUT2D eigenvalue weighted by molar-refractivity contribution is 9.10. The Morgan fingerprint density at radius 2 is 2.00 bits per heavy atom. The largest absolute Gasteiger partial charge is 0.324 e. The van der Waals surface area contributed by atoms with Crippen LogP contribution in [0.15, 0.2) is 34.8 Å². The molecule has 1 nitrogen and oxygen atoms in total. The molecule has 0 aliphatic heterocycles. The molecule has 3 heteroatoms. The van der Waals surface area contributed by atoms with E-state index in [1.807, 2.05) is 6.92 Å². The highest BCUT2D eigenvalue weighted by Crippen LogP contribution is 2.32. The molecule has 2 aromatic rings. The molecular formula is C13H14BrNS. The minimum atomic E-state index is 0.118. The Balaban J connectivity index is 2.42. The molecule has 0 amide bonds. The third-order valence-corrected chi connectivity index (χ3v) is 4.20. The Hall–Kier alpha value is -0.640. The van der Waals surface area contributed by atoms with Gasteiger partial charge in [-0.25, -0.2) is 0 Å². The number of benzene rings is 1. The summed E-state index contributed by atoms with van der Waals surface area (Å²) in [6.07, 6.45) is 0. The van der Waals surface area contributed by atoms with E-state index >= 15 is 0 Å². The van der Waals surface area contributed by atoms with E-state index in [4.69, 9.17) is 5.73 Å². The SMILES string of the molecule is Cc1cc(Br)cc(-c2ccc(C(C)N)s2)c1. The van der Waals surface area contributed by atoms with Crippen LogP contribution in [0.4, 0.5) is 0 Å². The molecule has 0 saturated heterocycles. The molecular weight excluding hydrogens is 282 g/mol. The van der Waals surface area contributed by atoms with Crippen LogP contribution in [-0.2, 0) is 0 Å². The number of nitrogens with two attached hydrogens (primary N) is 1. The van der Waals surface area contributed by atoms with Crippen molar-refractivity contribution in [3.05, 3.63) is 45.2 Å². The summed E-state index contributed by atoms with van der Waals surface area (Å²) < 4.78 is 1.12. The molecule has 1 unspecified atom stereocenters. The molecule has 84 valence electrons. The monoisotopic (exact) mass is 295 g/mol. The van der Waals surface area contributed by atoms with E-state index in [2.05, 4.69) is 53.2 Å². The predicted molar refractivity (Wildman–Crippen MR) is 74.8 cm³/mol. The van der Waals surface area contributed by atoms with E-state index in [0.717, 1.165) is 4.47 Å². The maximum absolute atomic E-state index is 5.87. The van der Waals surface area contributed by atoms with Crippen LogP contribution in [0, 0.1) is 6.92 Å². The second-order valence-electron chi connectivity index (χ2n) is 4.01. The number of halogens is 1. The summed E-state index contributed by atoms with van der Waals surface area (Å²) in [5.41, 5.74) is 8.38. The Bertz CT molecular complexity index is 482. The lowest BCUT2D eigenvalue weighted by Gasteiger charge is -2.02. The van der Waals surface area contributed by atoms with Gasteiger partial charge >= 0.3 is 0 Å². The highest BCUT2D eigenvalue weighted by Gasteiger charge is 2.06. The topological polar surface area (TPSA) is 26.0 Å². The number of aryl methyl sites for hydroxylation is 1. The Morgan fingerprint density at radius 3 is 2.56 bits per heavy atom. The van der Waals surface area contributed by atoms with Gasteiger partial charge in [-0.3, -0.25) is 0 Å². The third-order valence-electron chi connectivity index (χ3n) is 2.40. The molecule has 1 aromatic carbocycles. The van der Waals surface area contributed by atoms with Gasteiger partial charge in [0.25, 0.3) is 0 Å². The molecule has 0 aliphatic carbocycles. The zero-order chi connectivity index (χ0) is 11.7. The van der Waals surface area contributed by atoms with Crippen LogP contribution in [0.3, 0.4) is 0 Å². The van der Waals surface area contributed by atoms with Gasteiger partial charge in [0.2, 0.25) is 0 Å². The molecule has 2 N–H and O–H groups in total. The molecule has 1 heterocycles. The van der Waals surface area contributed by atoms with E-state index in [-0.39, 0.29) is 6.04 Å². The van der Waals surface area contributed by atoms with Crippen LogP contribution in [0.5, 0.6) is 0 Å². The predicted octanol–water partition coefficient (Wildman–Crippen LogP) is 4.51. The molecule has 2 rings (SSSR count). The first-order valence-electron chi connectivity index (χ1n) is 5.19. The number of thiophene rings is 1. The van der Waals surface area contributed by atoms with Crippen LogP contribution in [0.2, 0.25) is 0 Å². The first-order chi connectivity index (χ1) is 7.56. The highest BCUT2D eigenvalue weighted by atomic mass is 79.9. The first-order valence-corrected chi connectivity index (χ1v) is 6.80. The lowest BCUT2D eigenvalue weighted by molar-refractivity contribution is 0.838. The molecule has 0 bridgehead atoms. The quantitative estimate of drug-likeness (QED) is 0.867. The van der Waals surface area contributed by atoms with Crippen molar-refractivity contribution < 1.29 is 0 Å². The van der Waals surface area contributed by atoms with Crippen molar-refractivity contribution in [3.8, 4) is 10.4 Å². The van der Waals surface area contributed by atoms with E-state index in [9.17, 15) is 0 Å². The van der Waals surface area contributed by atoms with Crippen molar-refractivity contribution >= 4 is 27.3 Å². The molecule has 0 spiro atoms. The van der Waals surface area contributed by atoms with Gasteiger partial charge < -0.3 is 5.73 Å². The van der Waals surface area contributed by atoms with Crippen LogP contribution in [0.25, 0.3) is 10.4 Å². The van der Waals surface area contributed by atoms with Gasteiger partial charge in [-0.15, -0.1) is 11.3 Å². The summed E-state index contributed by atoms with van der Waals surface area (Å²) in [7, 11) is 0. The second-order valence-corrected chi connectivity index (χ2v) is 6.04. The Morgan fingerprint density at radius 1 is 1.25 bits per heavy atom. The maximum atomic E-state index is 5.87. The lowest BCUT2D eigenvalue weighted by Crippen LogP contribution is -2.01. The lowest BCUT2D eigenvalue weighted by atomic mass is 10.1. The van der Waals surface area contributed by atoms with Crippen molar-refractivity contribution in [3.63, 3.8) is 0 Å². The summed E-state index contributed by atoms with van der Waals surface area (Å²) in [6.45, 7) is 4.12. The number of rotatable bonds is 2. The van der Waals surface area contributed by atoms with Crippen molar-refractivity contribution in [1.82, 2.24) is 0 Å². The van der Waals surface area contributed by atoms with Gasteiger partial charge in [-0.1, -0.05) is 22.0 Å². The Kier molecular flexibility index (Phi) is 3.47. The number of hydrogen-bond donors (Lipinski definition) is 1. The normalized spacial score (nSPS) is 12.8. The van der Waals surface area contributed by atoms with Gasteiger partial charge in [0, 0.05) is 20.3 Å². The van der Waals surface area contributed by atoms with Crippen molar-refractivity contribution in [1.29, 1.82) is 0 Å². The average molecular weight is 296 g/mol. The van der Waals surface area contributed by atoms with Crippen LogP contribution < -0.4 is 5.73 Å². The zero-order valence-electron chi connectivity index (χ0n) is 9.33. The fraction of sp³-hybridized carbons (Fsp3) is 0.231. The maximum Gasteiger partial charge on any atom is 0.0361 e. The van der Waals surface area contributed by atoms with E-state index in [1.165, 1.54) is 20.9 Å². The van der Waals surface area contributed by atoms with Crippen LogP contribution in [0.1, 0.15) is 23.4 Å². The molecule has 1 atom stereocenters. The fourth-order valence-corrected chi connectivity index (χ4v) is 3.19. The minimum Gasteiger partial charge on any atom is -0.324 e. The van der Waals surface area contributed by atoms with Gasteiger partial charge in [-0.2, -0.15) is 0 Å². The van der Waals surface area contributed by atoms with E-state index in [1.54, 1.807) is 11.3 Å². The summed E-state index contributed by atoms with van der Waals surface area (Å²) in [5, 5.41) is 0. The number of hydrogen-bond acceptors (Lipinski definition) is 2. The summed E-state index contributed by atoms with van der Waals surface area (Å²) >= 11 is 5.29. The third kappa shape index (κ3) is 2.54. The molecule has 1 aromatic heterocycles. The van der Waals surface area contributed by atoms with Crippen molar-refractivity contribution in [2.75, 3.05) is 0 Å². The van der Waals surface area contributed by atoms with Crippen LogP contribution >= 0.6 is 27.3 Å². The zero-order valence-corrected chi connectivity index (χ0v) is 11.7. The summed E-state index contributed by atoms with van der Waals surface area (Å²) in [5.74, 6) is 0. The minimum absolute atomic E-state index is 0.118. The van der Waals surface area contributed by atoms with Gasteiger partial charge in [0.15, 0.2) is 0 Å². The summed E-state index contributed by atoms with van der Waals surface area (Å²) in [4.78, 5) is 2.50. The van der Waals surface area contributed by atoms with E-state index < -0.39 is 0 Å². The molecule has 0 saturated carbocycles. The Labute approximate surface area is 108 Å². The first kappa shape index (κ1) is 11.8. The smallest absolute Gasteiger partial charge is 0.0361 e. The fourth-order valence-electron chi connectivity index (χ4n) is 1.63.